The van der Waals surface area contributed by atoms with Gasteiger partial charge >= 0.3 is 5.97 Å². The van der Waals surface area contributed by atoms with E-state index in [-0.39, 0.29) is 5.11 Å². The minimum atomic E-state index is -0.445. The van der Waals surface area contributed by atoms with Gasteiger partial charge in [0.1, 0.15) is 5.75 Å². The molecule has 2 aromatic rings. The van der Waals surface area contributed by atoms with Crippen LogP contribution in [0.15, 0.2) is 58.1 Å². The van der Waals surface area contributed by atoms with E-state index in [4.69, 9.17) is 10.5 Å². The fourth-order valence-corrected chi connectivity index (χ4v) is 2.04. The van der Waals surface area contributed by atoms with Crippen LogP contribution in [-0.2, 0) is 0 Å². The van der Waals surface area contributed by atoms with E-state index in [1.807, 2.05) is 6.07 Å². The number of halogens is 1. The Hall–Kier alpha value is -2.25. The molecule has 0 amide bonds. The standard InChI is InChI=1S/C15H12BrN3O2S/c16-12-6-7-13(11(8-12)9-18-19-15(17)22)21-14(20)10-4-2-1-3-5-10/h1-9H,(H3,17,19,22). The van der Waals surface area contributed by atoms with Crippen molar-refractivity contribution in [2.24, 2.45) is 10.8 Å². The summed E-state index contributed by atoms with van der Waals surface area (Å²) >= 11 is 8.02. The number of hydrogen-bond donors (Lipinski definition) is 2. The Morgan fingerprint density at radius 1 is 1.27 bits per heavy atom. The van der Waals surface area contributed by atoms with Crippen molar-refractivity contribution in [3.63, 3.8) is 0 Å². The van der Waals surface area contributed by atoms with Crippen molar-refractivity contribution in [2.75, 3.05) is 0 Å². The van der Waals surface area contributed by atoms with Crippen LogP contribution in [0.1, 0.15) is 15.9 Å². The number of carbonyl (C=O) groups excluding carboxylic acids is 1. The summed E-state index contributed by atoms with van der Waals surface area (Å²) in [6.07, 6.45) is 1.47. The summed E-state index contributed by atoms with van der Waals surface area (Å²) in [5.74, 6) is -0.0644. The molecule has 0 heterocycles. The molecule has 7 heteroatoms. The van der Waals surface area contributed by atoms with Gasteiger partial charge in [-0.25, -0.2) is 4.79 Å². The molecule has 2 aromatic carbocycles. The van der Waals surface area contributed by atoms with Gasteiger partial charge in [0.05, 0.1) is 11.8 Å². The second-order valence-electron chi connectivity index (χ2n) is 4.17. The maximum absolute atomic E-state index is 12.1. The molecule has 0 fully saturated rings. The highest BCUT2D eigenvalue weighted by atomic mass is 79.9. The van der Waals surface area contributed by atoms with Crippen molar-refractivity contribution in [2.45, 2.75) is 0 Å². The zero-order valence-electron chi connectivity index (χ0n) is 11.3. The molecular formula is C15H12BrN3O2S. The van der Waals surface area contributed by atoms with Gasteiger partial charge in [0.2, 0.25) is 0 Å². The molecule has 22 heavy (non-hydrogen) atoms. The molecule has 0 atom stereocenters. The van der Waals surface area contributed by atoms with Crippen LogP contribution >= 0.6 is 28.1 Å². The van der Waals surface area contributed by atoms with Gasteiger partial charge in [0, 0.05) is 10.0 Å². The fraction of sp³-hybridized carbons (Fsp3) is 0. The molecule has 0 aliphatic carbocycles. The third-order valence-electron chi connectivity index (χ3n) is 2.56. The minimum Gasteiger partial charge on any atom is -0.422 e. The Kier molecular flexibility index (Phi) is 5.62. The van der Waals surface area contributed by atoms with Crippen LogP contribution in [0.25, 0.3) is 0 Å². The van der Waals surface area contributed by atoms with Gasteiger partial charge in [-0.2, -0.15) is 5.10 Å². The number of nitrogens with zero attached hydrogens (tertiary/aromatic N) is 1. The Morgan fingerprint density at radius 3 is 2.68 bits per heavy atom. The first kappa shape index (κ1) is 16.1. The summed E-state index contributed by atoms with van der Waals surface area (Å²) in [4.78, 5) is 12.1. The molecule has 0 saturated carbocycles. The Balaban J connectivity index is 2.21. The summed E-state index contributed by atoms with van der Waals surface area (Å²) in [6, 6.07) is 13.9. The predicted molar refractivity (Wildman–Crippen MR) is 93.1 cm³/mol. The molecule has 2 rings (SSSR count). The molecule has 0 aliphatic rings. The summed E-state index contributed by atoms with van der Waals surface area (Å²) in [5.41, 5.74) is 8.81. The van der Waals surface area contributed by atoms with Crippen molar-refractivity contribution in [3.8, 4) is 5.75 Å². The van der Waals surface area contributed by atoms with Gasteiger partial charge in [-0.3, -0.25) is 5.43 Å². The molecule has 0 saturated heterocycles. The Labute approximate surface area is 141 Å². The molecule has 0 aliphatic heterocycles. The average Bonchev–Trinajstić information content (AvgIpc) is 2.50. The van der Waals surface area contributed by atoms with Crippen molar-refractivity contribution in [1.82, 2.24) is 5.43 Å². The van der Waals surface area contributed by atoms with Gasteiger partial charge in [-0.15, -0.1) is 0 Å². The molecule has 3 N–H and O–H groups in total. The number of nitrogens with one attached hydrogen (secondary N) is 1. The second-order valence-corrected chi connectivity index (χ2v) is 5.53. The van der Waals surface area contributed by atoms with Crippen LogP contribution < -0.4 is 15.9 Å². The van der Waals surface area contributed by atoms with Crippen LogP contribution in [0.5, 0.6) is 5.75 Å². The molecule has 0 aromatic heterocycles. The van der Waals surface area contributed by atoms with E-state index >= 15 is 0 Å². The molecule has 0 spiro atoms. The SMILES string of the molecule is NC(=S)NN=Cc1cc(Br)ccc1OC(=O)c1ccccc1. The number of benzene rings is 2. The first-order chi connectivity index (χ1) is 10.6. The maximum Gasteiger partial charge on any atom is 0.343 e. The first-order valence-electron chi connectivity index (χ1n) is 6.21. The average molecular weight is 378 g/mol. The van der Waals surface area contributed by atoms with Gasteiger partial charge in [0.15, 0.2) is 5.11 Å². The lowest BCUT2D eigenvalue weighted by atomic mass is 10.2. The Bertz CT molecular complexity index is 720. The molecule has 5 nitrogen and oxygen atoms in total. The van der Waals surface area contributed by atoms with E-state index in [0.29, 0.717) is 16.9 Å². The molecule has 112 valence electrons. The lowest BCUT2D eigenvalue weighted by Gasteiger charge is -2.08. The van der Waals surface area contributed by atoms with Gasteiger partial charge in [-0.05, 0) is 42.5 Å². The monoisotopic (exact) mass is 377 g/mol. The van der Waals surface area contributed by atoms with Crippen LogP contribution in [0, 0.1) is 0 Å². The third kappa shape index (κ3) is 4.64. The van der Waals surface area contributed by atoms with Crippen molar-refractivity contribution >= 4 is 45.4 Å². The van der Waals surface area contributed by atoms with Crippen LogP contribution in [0.2, 0.25) is 0 Å². The van der Waals surface area contributed by atoms with E-state index in [0.717, 1.165) is 4.47 Å². The zero-order chi connectivity index (χ0) is 15.9. The number of thiocarbonyl (C=S) groups is 1. The van der Waals surface area contributed by atoms with Gasteiger partial charge in [-0.1, -0.05) is 34.1 Å². The van der Waals surface area contributed by atoms with Crippen molar-refractivity contribution in [1.29, 1.82) is 0 Å². The number of hydrazone groups is 1. The predicted octanol–water partition coefficient (Wildman–Crippen LogP) is 2.84. The zero-order valence-corrected chi connectivity index (χ0v) is 13.7. The summed E-state index contributed by atoms with van der Waals surface area (Å²) in [7, 11) is 0. The number of hydrogen-bond acceptors (Lipinski definition) is 4. The number of esters is 1. The second kappa shape index (κ2) is 7.67. The van der Waals surface area contributed by atoms with Gasteiger partial charge in [0.25, 0.3) is 0 Å². The van der Waals surface area contributed by atoms with E-state index in [2.05, 4.69) is 38.7 Å². The Morgan fingerprint density at radius 2 is 2.00 bits per heavy atom. The van der Waals surface area contributed by atoms with E-state index in [1.54, 1.807) is 42.5 Å². The number of rotatable bonds is 4. The largest absolute Gasteiger partial charge is 0.422 e. The summed E-state index contributed by atoms with van der Waals surface area (Å²) in [5, 5.41) is 3.92. The summed E-state index contributed by atoms with van der Waals surface area (Å²) in [6.45, 7) is 0. The lowest BCUT2D eigenvalue weighted by Crippen LogP contribution is -2.24. The smallest absolute Gasteiger partial charge is 0.343 e. The molecular weight excluding hydrogens is 366 g/mol. The highest BCUT2D eigenvalue weighted by Crippen LogP contribution is 2.22. The maximum atomic E-state index is 12.1. The van der Waals surface area contributed by atoms with Crippen LogP contribution in [0.4, 0.5) is 0 Å². The van der Waals surface area contributed by atoms with E-state index in [9.17, 15) is 4.79 Å². The number of carbonyl (C=O) groups is 1. The summed E-state index contributed by atoms with van der Waals surface area (Å²) < 4.78 is 6.22. The van der Waals surface area contributed by atoms with E-state index < -0.39 is 5.97 Å². The van der Waals surface area contributed by atoms with Crippen molar-refractivity contribution < 1.29 is 9.53 Å². The van der Waals surface area contributed by atoms with Crippen molar-refractivity contribution in [3.05, 3.63) is 64.1 Å². The lowest BCUT2D eigenvalue weighted by molar-refractivity contribution is 0.0734. The first-order valence-corrected chi connectivity index (χ1v) is 7.41. The molecule has 0 unspecified atom stereocenters. The number of ether oxygens (including phenoxy) is 1. The molecule has 0 bridgehead atoms. The van der Waals surface area contributed by atoms with E-state index in [1.165, 1.54) is 6.21 Å². The topological polar surface area (TPSA) is 76.7 Å². The van der Waals surface area contributed by atoms with Gasteiger partial charge < -0.3 is 10.5 Å². The third-order valence-corrected chi connectivity index (χ3v) is 3.15. The molecule has 0 radical (unpaired) electrons. The normalized spacial score (nSPS) is 10.4. The van der Waals surface area contributed by atoms with Crippen LogP contribution in [0.3, 0.4) is 0 Å². The quantitative estimate of drug-likeness (QED) is 0.281. The minimum absolute atomic E-state index is 0.0501. The van der Waals surface area contributed by atoms with Crippen LogP contribution in [-0.4, -0.2) is 17.3 Å². The number of nitrogens with two attached hydrogens (primary N) is 1. The fourth-order valence-electron chi connectivity index (χ4n) is 1.61. The highest BCUT2D eigenvalue weighted by Gasteiger charge is 2.11. The highest BCUT2D eigenvalue weighted by molar-refractivity contribution is 9.10.